The van der Waals surface area contributed by atoms with Crippen molar-refractivity contribution in [1.29, 1.82) is 0 Å². The molecule has 4 aromatic rings. The Balaban J connectivity index is 1.81. The first-order valence-electron chi connectivity index (χ1n) is 10.2. The lowest BCUT2D eigenvalue weighted by Gasteiger charge is -2.16. The standard InChI is InChI=1S/C22H23N5O5S/c1-13-20(14(2)32-26-13)33(30,31)27-22-21(23-17-7-3-4-8-18(17)24-22)25-19-12-16(29)10-9-15(19)6-5-11-28/h3-4,7-10,12,28-29H,5-6,11H2,1-2H3,(H,23,25)(H,24,27). The smallest absolute Gasteiger partial charge is 0.268 e. The highest BCUT2D eigenvalue weighted by Crippen LogP contribution is 2.31. The van der Waals surface area contributed by atoms with Crippen LogP contribution in [0.2, 0.25) is 0 Å². The van der Waals surface area contributed by atoms with Crippen molar-refractivity contribution in [2.75, 3.05) is 16.6 Å². The Morgan fingerprint density at radius 1 is 1.03 bits per heavy atom. The average Bonchev–Trinajstić information content (AvgIpc) is 3.12. The number of anilines is 3. The van der Waals surface area contributed by atoms with Gasteiger partial charge in [-0.25, -0.2) is 18.4 Å². The van der Waals surface area contributed by atoms with Gasteiger partial charge in [-0.2, -0.15) is 0 Å². The molecule has 0 aliphatic rings. The van der Waals surface area contributed by atoms with Crippen molar-refractivity contribution >= 4 is 38.4 Å². The molecule has 0 bridgehead atoms. The van der Waals surface area contributed by atoms with E-state index in [4.69, 9.17) is 4.52 Å². The Kier molecular flexibility index (Phi) is 6.16. The molecule has 0 fully saturated rings. The van der Waals surface area contributed by atoms with Gasteiger partial charge in [-0.05, 0) is 50.5 Å². The normalized spacial score (nSPS) is 11.6. The molecule has 172 valence electrons. The summed E-state index contributed by atoms with van der Waals surface area (Å²) >= 11 is 0. The van der Waals surface area contributed by atoms with Gasteiger partial charge in [-0.1, -0.05) is 23.4 Å². The number of benzene rings is 2. The predicted molar refractivity (Wildman–Crippen MR) is 123 cm³/mol. The predicted octanol–water partition coefficient (Wildman–Crippen LogP) is 3.41. The third kappa shape index (κ3) is 4.73. The summed E-state index contributed by atoms with van der Waals surface area (Å²) < 4.78 is 33.8. The number of nitrogens with zero attached hydrogens (tertiary/aromatic N) is 3. The van der Waals surface area contributed by atoms with E-state index in [-0.39, 0.29) is 40.3 Å². The first-order valence-corrected chi connectivity index (χ1v) is 11.7. The number of phenols is 1. The molecular formula is C22H23N5O5S. The molecule has 0 unspecified atom stereocenters. The van der Waals surface area contributed by atoms with Crippen molar-refractivity contribution in [3.05, 3.63) is 59.5 Å². The van der Waals surface area contributed by atoms with Crippen LogP contribution in [0.3, 0.4) is 0 Å². The summed E-state index contributed by atoms with van der Waals surface area (Å²) in [5.74, 6) is 0.310. The topological polar surface area (TPSA) is 150 Å². The van der Waals surface area contributed by atoms with Gasteiger partial charge in [0.25, 0.3) is 10.0 Å². The molecule has 10 nitrogen and oxygen atoms in total. The molecule has 0 atom stereocenters. The number of aromatic nitrogens is 3. The zero-order valence-corrected chi connectivity index (χ0v) is 18.8. The second-order valence-electron chi connectivity index (χ2n) is 7.46. The average molecular weight is 470 g/mol. The Morgan fingerprint density at radius 2 is 1.73 bits per heavy atom. The molecule has 0 aliphatic carbocycles. The van der Waals surface area contributed by atoms with Crippen LogP contribution in [0.1, 0.15) is 23.4 Å². The van der Waals surface area contributed by atoms with E-state index in [9.17, 15) is 18.6 Å². The summed E-state index contributed by atoms with van der Waals surface area (Å²) in [6.45, 7) is 3.06. The fraction of sp³-hybridized carbons (Fsp3) is 0.227. The minimum Gasteiger partial charge on any atom is -0.508 e. The van der Waals surface area contributed by atoms with Crippen molar-refractivity contribution in [1.82, 2.24) is 15.1 Å². The summed E-state index contributed by atoms with van der Waals surface area (Å²) in [6.07, 6.45) is 1.06. The van der Waals surface area contributed by atoms with E-state index in [1.54, 1.807) is 36.4 Å². The van der Waals surface area contributed by atoms with Crippen LogP contribution < -0.4 is 10.0 Å². The molecule has 2 aromatic carbocycles. The van der Waals surface area contributed by atoms with Gasteiger partial charge in [0.05, 0.1) is 11.0 Å². The molecule has 0 spiro atoms. The number of para-hydroxylation sites is 2. The van der Waals surface area contributed by atoms with E-state index >= 15 is 0 Å². The Hall–Kier alpha value is -3.70. The lowest BCUT2D eigenvalue weighted by atomic mass is 10.1. The fourth-order valence-corrected chi connectivity index (χ4v) is 4.83. The van der Waals surface area contributed by atoms with Crippen LogP contribution in [0.15, 0.2) is 51.9 Å². The van der Waals surface area contributed by atoms with E-state index in [0.29, 0.717) is 29.6 Å². The van der Waals surface area contributed by atoms with Crippen LogP contribution >= 0.6 is 0 Å². The number of nitrogens with one attached hydrogen (secondary N) is 2. The first kappa shape index (κ1) is 22.5. The molecule has 0 saturated heterocycles. The van der Waals surface area contributed by atoms with Gasteiger partial charge in [0.2, 0.25) is 0 Å². The maximum atomic E-state index is 13.1. The van der Waals surface area contributed by atoms with Crippen molar-refractivity contribution in [2.45, 2.75) is 31.6 Å². The highest BCUT2D eigenvalue weighted by molar-refractivity contribution is 7.92. The number of hydrogen-bond donors (Lipinski definition) is 4. The van der Waals surface area contributed by atoms with Gasteiger partial charge < -0.3 is 20.1 Å². The van der Waals surface area contributed by atoms with E-state index < -0.39 is 10.0 Å². The molecule has 33 heavy (non-hydrogen) atoms. The van der Waals surface area contributed by atoms with Crippen molar-refractivity contribution in [3.63, 3.8) is 0 Å². The van der Waals surface area contributed by atoms with Crippen LogP contribution in [0, 0.1) is 13.8 Å². The Labute approximate surface area is 190 Å². The van der Waals surface area contributed by atoms with Crippen LogP contribution in [-0.4, -0.2) is 40.4 Å². The largest absolute Gasteiger partial charge is 0.508 e. The summed E-state index contributed by atoms with van der Waals surface area (Å²) in [5, 5.41) is 26.0. The van der Waals surface area contributed by atoms with E-state index in [1.807, 2.05) is 0 Å². The number of phenolic OH excluding ortho intramolecular Hbond substituents is 1. The van der Waals surface area contributed by atoms with E-state index in [0.717, 1.165) is 5.56 Å². The molecule has 0 radical (unpaired) electrons. The summed E-state index contributed by atoms with van der Waals surface area (Å²) in [5.41, 5.74) is 2.61. The zero-order valence-electron chi connectivity index (χ0n) is 18.0. The molecule has 11 heteroatoms. The van der Waals surface area contributed by atoms with Gasteiger partial charge in [-0.3, -0.25) is 4.72 Å². The van der Waals surface area contributed by atoms with Crippen molar-refractivity contribution in [2.24, 2.45) is 0 Å². The summed E-state index contributed by atoms with van der Waals surface area (Å²) in [7, 11) is -4.08. The molecule has 4 N–H and O–H groups in total. The summed E-state index contributed by atoms with van der Waals surface area (Å²) in [6, 6.07) is 11.8. The van der Waals surface area contributed by atoms with E-state index in [2.05, 4.69) is 25.2 Å². The third-order valence-electron chi connectivity index (χ3n) is 4.99. The monoisotopic (exact) mass is 469 g/mol. The van der Waals surface area contributed by atoms with Gasteiger partial charge in [0, 0.05) is 18.4 Å². The summed E-state index contributed by atoms with van der Waals surface area (Å²) in [4.78, 5) is 8.97. The number of sulfonamides is 1. The second-order valence-corrected chi connectivity index (χ2v) is 9.08. The van der Waals surface area contributed by atoms with Crippen molar-refractivity contribution < 1.29 is 23.2 Å². The van der Waals surface area contributed by atoms with E-state index in [1.165, 1.54) is 19.9 Å². The molecule has 0 aliphatic heterocycles. The Bertz CT molecular complexity index is 1400. The molecule has 4 rings (SSSR count). The highest BCUT2D eigenvalue weighted by Gasteiger charge is 2.26. The Morgan fingerprint density at radius 3 is 2.36 bits per heavy atom. The van der Waals surface area contributed by atoms with Gasteiger partial charge >= 0.3 is 0 Å². The first-order chi connectivity index (χ1) is 15.8. The second kappa shape index (κ2) is 9.04. The fourth-order valence-electron chi connectivity index (χ4n) is 3.49. The number of aliphatic hydroxyl groups is 1. The quantitative estimate of drug-likeness (QED) is 0.304. The van der Waals surface area contributed by atoms with Crippen LogP contribution in [0.25, 0.3) is 11.0 Å². The number of aromatic hydroxyl groups is 1. The van der Waals surface area contributed by atoms with Crippen molar-refractivity contribution in [3.8, 4) is 5.75 Å². The maximum Gasteiger partial charge on any atom is 0.268 e. The number of aliphatic hydroxyl groups excluding tert-OH is 1. The minimum atomic E-state index is -4.08. The molecule has 2 heterocycles. The van der Waals surface area contributed by atoms with Gasteiger partial charge in [0.15, 0.2) is 22.3 Å². The number of fused-ring (bicyclic) bond motifs is 1. The number of aryl methyl sites for hydroxylation is 3. The lowest BCUT2D eigenvalue weighted by molar-refractivity contribution is 0.288. The molecule has 0 saturated carbocycles. The highest BCUT2D eigenvalue weighted by atomic mass is 32.2. The van der Waals surface area contributed by atoms with Crippen LogP contribution in [-0.2, 0) is 16.4 Å². The van der Waals surface area contributed by atoms with Crippen LogP contribution in [0.4, 0.5) is 17.3 Å². The lowest BCUT2D eigenvalue weighted by Crippen LogP contribution is -2.17. The molecular weight excluding hydrogens is 446 g/mol. The zero-order chi connectivity index (χ0) is 23.6. The SMILES string of the molecule is Cc1noc(C)c1S(=O)(=O)Nc1nc2ccccc2nc1Nc1cc(O)ccc1CCCO. The number of rotatable bonds is 8. The molecule has 0 amide bonds. The minimum absolute atomic E-state index is 0.0125. The van der Waals surface area contributed by atoms with Crippen LogP contribution in [0.5, 0.6) is 5.75 Å². The number of hydrogen-bond acceptors (Lipinski definition) is 9. The molecule has 2 aromatic heterocycles. The maximum absolute atomic E-state index is 13.1. The third-order valence-corrected chi connectivity index (χ3v) is 6.57. The van der Waals surface area contributed by atoms with Gasteiger partial charge in [0.1, 0.15) is 11.4 Å². The van der Waals surface area contributed by atoms with Gasteiger partial charge in [-0.15, -0.1) is 0 Å².